The fourth-order valence-electron chi connectivity index (χ4n) is 5.31. The largest absolute Gasteiger partial charge is 0.493 e. The molecule has 2 aliphatic rings. The van der Waals surface area contributed by atoms with Crippen molar-refractivity contribution in [1.29, 1.82) is 0 Å². The Morgan fingerprint density at radius 1 is 0.868 bits per heavy atom. The fourth-order valence-corrected chi connectivity index (χ4v) is 5.31. The zero-order valence-electron chi connectivity index (χ0n) is 22.9. The van der Waals surface area contributed by atoms with Gasteiger partial charge in [0, 0.05) is 31.8 Å². The van der Waals surface area contributed by atoms with Gasteiger partial charge in [-0.15, -0.1) is 0 Å². The van der Waals surface area contributed by atoms with Gasteiger partial charge in [-0.2, -0.15) is 0 Å². The first-order valence-electron chi connectivity index (χ1n) is 12.8. The Morgan fingerprint density at radius 2 is 1.53 bits per heavy atom. The number of rotatable bonds is 9. The lowest BCUT2D eigenvalue weighted by Gasteiger charge is -2.41. The van der Waals surface area contributed by atoms with E-state index >= 15 is 0 Å². The maximum atomic E-state index is 13.6. The molecule has 1 heterocycles. The van der Waals surface area contributed by atoms with E-state index in [0.717, 1.165) is 35.1 Å². The topological polar surface area (TPSA) is 89.9 Å². The summed E-state index contributed by atoms with van der Waals surface area (Å²) in [6, 6.07) is 7.60. The number of aliphatic hydroxyl groups is 1. The van der Waals surface area contributed by atoms with Crippen molar-refractivity contribution in [2.75, 3.05) is 61.8 Å². The maximum absolute atomic E-state index is 13.6. The number of carbonyl (C=O) groups excluding carboxylic acids is 1. The second kappa shape index (κ2) is 12.4. The molecule has 0 aromatic heterocycles. The maximum Gasteiger partial charge on any atom is 0.249 e. The minimum atomic E-state index is -0.185. The number of nitrogens with zero attached hydrogens (tertiary/aromatic N) is 2. The van der Waals surface area contributed by atoms with Crippen LogP contribution in [-0.4, -0.2) is 88.6 Å². The standard InChI is InChI=1S/C29H38N2O7/c1-34-24-14-20-7-6-8-21(13-22(20)15-25(24)35-2)29(33)31-10-9-30(23(17-31)18-32)16-19-11-26(36-3)28(38-5)27(12-19)37-4/h11-15,23,32H,6-10,16-18H2,1-5H3. The van der Waals surface area contributed by atoms with Gasteiger partial charge in [0.25, 0.3) is 0 Å². The van der Waals surface area contributed by atoms with Crippen LogP contribution in [0.4, 0.5) is 0 Å². The molecule has 0 saturated carbocycles. The first-order valence-corrected chi connectivity index (χ1v) is 12.8. The van der Waals surface area contributed by atoms with Crippen molar-refractivity contribution in [3.63, 3.8) is 0 Å². The van der Waals surface area contributed by atoms with Crippen molar-refractivity contribution in [2.45, 2.75) is 31.8 Å². The van der Waals surface area contributed by atoms with Crippen LogP contribution in [0.5, 0.6) is 28.7 Å². The summed E-state index contributed by atoms with van der Waals surface area (Å²) in [5.74, 6) is 3.10. The number of aliphatic hydroxyl groups excluding tert-OH is 1. The molecule has 206 valence electrons. The summed E-state index contributed by atoms with van der Waals surface area (Å²) in [4.78, 5) is 17.7. The molecule has 1 saturated heterocycles. The van der Waals surface area contributed by atoms with Gasteiger partial charge in [0.2, 0.25) is 11.7 Å². The number of piperazine rings is 1. The van der Waals surface area contributed by atoms with Crippen LogP contribution in [0.15, 0.2) is 29.8 Å². The number of methoxy groups -OCH3 is 5. The summed E-state index contributed by atoms with van der Waals surface area (Å²) in [7, 11) is 8.01. The molecule has 1 atom stereocenters. The molecule has 1 aliphatic heterocycles. The van der Waals surface area contributed by atoms with Crippen LogP contribution >= 0.6 is 0 Å². The fraction of sp³-hybridized carbons (Fsp3) is 0.483. The molecule has 1 aliphatic carbocycles. The minimum Gasteiger partial charge on any atom is -0.493 e. The number of benzene rings is 2. The van der Waals surface area contributed by atoms with E-state index < -0.39 is 0 Å². The van der Waals surface area contributed by atoms with Crippen LogP contribution in [0.25, 0.3) is 6.08 Å². The number of hydrogen-bond donors (Lipinski definition) is 1. The van der Waals surface area contributed by atoms with Crippen LogP contribution in [0.1, 0.15) is 29.5 Å². The first kappa shape index (κ1) is 27.6. The predicted octanol–water partition coefficient (Wildman–Crippen LogP) is 3.15. The second-order valence-electron chi connectivity index (χ2n) is 9.52. The summed E-state index contributed by atoms with van der Waals surface area (Å²) < 4.78 is 27.4. The highest BCUT2D eigenvalue weighted by Gasteiger charge is 2.31. The van der Waals surface area contributed by atoms with Crippen LogP contribution in [0.3, 0.4) is 0 Å². The highest BCUT2D eigenvalue weighted by Crippen LogP contribution is 2.39. The van der Waals surface area contributed by atoms with Crippen molar-refractivity contribution in [3.8, 4) is 28.7 Å². The van der Waals surface area contributed by atoms with Gasteiger partial charge < -0.3 is 33.7 Å². The number of aryl methyl sites for hydroxylation is 1. The highest BCUT2D eigenvalue weighted by molar-refractivity contribution is 5.98. The third-order valence-corrected chi connectivity index (χ3v) is 7.35. The van der Waals surface area contributed by atoms with E-state index in [1.165, 1.54) is 0 Å². The smallest absolute Gasteiger partial charge is 0.249 e. The molecular weight excluding hydrogens is 488 g/mol. The third-order valence-electron chi connectivity index (χ3n) is 7.35. The van der Waals surface area contributed by atoms with Gasteiger partial charge >= 0.3 is 0 Å². The normalized spacial score (nSPS) is 17.7. The van der Waals surface area contributed by atoms with Gasteiger partial charge in [-0.3, -0.25) is 9.69 Å². The lowest BCUT2D eigenvalue weighted by Crippen LogP contribution is -2.55. The molecule has 2 aromatic rings. The van der Waals surface area contributed by atoms with E-state index in [0.29, 0.717) is 61.3 Å². The minimum absolute atomic E-state index is 0.0264. The average molecular weight is 527 g/mol. The monoisotopic (exact) mass is 526 g/mol. The van der Waals surface area contributed by atoms with Gasteiger partial charge in [0.1, 0.15) is 0 Å². The van der Waals surface area contributed by atoms with Crippen molar-refractivity contribution < 1.29 is 33.6 Å². The van der Waals surface area contributed by atoms with Crippen LogP contribution in [-0.2, 0) is 17.8 Å². The lowest BCUT2D eigenvalue weighted by atomic mass is 10.0. The Balaban J connectivity index is 1.50. The zero-order chi connectivity index (χ0) is 27.2. The van der Waals surface area contributed by atoms with Crippen molar-refractivity contribution in [1.82, 2.24) is 9.80 Å². The lowest BCUT2D eigenvalue weighted by molar-refractivity contribution is -0.130. The SMILES string of the molecule is COc1cc2c(cc1OC)CCCC(C(=O)N1CCN(Cc3cc(OC)c(OC)c(OC)c3)C(CO)C1)=C2. The molecule has 0 radical (unpaired) electrons. The van der Waals surface area contributed by atoms with Crippen molar-refractivity contribution in [2.24, 2.45) is 0 Å². The Hall–Kier alpha value is -3.43. The molecule has 0 spiro atoms. The molecule has 1 fully saturated rings. The Kier molecular flexibility index (Phi) is 9.01. The van der Waals surface area contributed by atoms with Crippen molar-refractivity contribution in [3.05, 3.63) is 46.5 Å². The molecule has 4 rings (SSSR count). The van der Waals surface area contributed by atoms with Gasteiger partial charge in [-0.05, 0) is 66.3 Å². The van der Waals surface area contributed by atoms with E-state index in [9.17, 15) is 9.90 Å². The van der Waals surface area contributed by atoms with E-state index in [4.69, 9.17) is 23.7 Å². The van der Waals surface area contributed by atoms with E-state index in [1.54, 1.807) is 35.5 Å². The summed E-state index contributed by atoms with van der Waals surface area (Å²) in [6.45, 7) is 2.21. The molecule has 1 unspecified atom stereocenters. The molecule has 9 heteroatoms. The molecular formula is C29H38N2O7. The zero-order valence-corrected chi connectivity index (χ0v) is 22.9. The summed E-state index contributed by atoms with van der Waals surface area (Å²) >= 11 is 0. The molecule has 9 nitrogen and oxygen atoms in total. The number of amides is 1. The molecule has 1 amide bonds. The van der Waals surface area contributed by atoms with Gasteiger partial charge in [-0.1, -0.05) is 0 Å². The summed E-state index contributed by atoms with van der Waals surface area (Å²) in [5.41, 5.74) is 3.90. The molecule has 0 bridgehead atoms. The number of hydrogen-bond acceptors (Lipinski definition) is 8. The first-order chi connectivity index (χ1) is 18.5. The highest BCUT2D eigenvalue weighted by atomic mass is 16.5. The van der Waals surface area contributed by atoms with Crippen molar-refractivity contribution >= 4 is 12.0 Å². The van der Waals surface area contributed by atoms with Crippen LogP contribution in [0, 0.1) is 0 Å². The molecule has 2 aromatic carbocycles. The number of carbonyl (C=O) groups is 1. The Bertz CT molecular complexity index is 1150. The van der Waals surface area contributed by atoms with E-state index in [-0.39, 0.29) is 18.6 Å². The van der Waals surface area contributed by atoms with E-state index in [2.05, 4.69) is 4.90 Å². The molecule has 38 heavy (non-hydrogen) atoms. The Morgan fingerprint density at radius 3 is 2.13 bits per heavy atom. The Labute approximate surface area is 224 Å². The van der Waals surface area contributed by atoms with Gasteiger partial charge in [0.05, 0.1) is 48.2 Å². The third kappa shape index (κ3) is 5.68. The van der Waals surface area contributed by atoms with Gasteiger partial charge in [0.15, 0.2) is 23.0 Å². The summed E-state index contributed by atoms with van der Waals surface area (Å²) in [5, 5.41) is 10.2. The second-order valence-corrected chi connectivity index (χ2v) is 9.52. The van der Waals surface area contributed by atoms with Crippen LogP contribution < -0.4 is 23.7 Å². The van der Waals surface area contributed by atoms with E-state index in [1.807, 2.05) is 35.2 Å². The van der Waals surface area contributed by atoms with Crippen LogP contribution in [0.2, 0.25) is 0 Å². The number of ether oxygens (including phenoxy) is 5. The quantitative estimate of drug-likeness (QED) is 0.533. The van der Waals surface area contributed by atoms with Gasteiger partial charge in [-0.25, -0.2) is 0 Å². The molecule has 1 N–H and O–H groups in total. The summed E-state index contributed by atoms with van der Waals surface area (Å²) in [6.07, 6.45) is 4.44. The average Bonchev–Trinajstić information content (AvgIpc) is 3.17. The number of fused-ring (bicyclic) bond motifs is 1. The predicted molar refractivity (Wildman–Crippen MR) is 144 cm³/mol.